The Hall–Kier alpha value is -1.93. The van der Waals surface area contributed by atoms with Crippen LogP contribution >= 0.6 is 11.6 Å². The van der Waals surface area contributed by atoms with Crippen molar-refractivity contribution in [3.05, 3.63) is 35.2 Å². The first-order valence-corrected chi connectivity index (χ1v) is 8.44. The van der Waals surface area contributed by atoms with Gasteiger partial charge in [-0.25, -0.2) is 8.42 Å². The summed E-state index contributed by atoms with van der Waals surface area (Å²) in [6.07, 6.45) is 0. The number of aromatic nitrogens is 2. The quantitative estimate of drug-likeness (QED) is 0.881. The number of hydrogen-bond acceptors (Lipinski definition) is 6. The number of nitrogens with one attached hydrogen (secondary N) is 1. The normalized spacial score (nSPS) is 12.9. The predicted octanol–water partition coefficient (Wildman–Crippen LogP) is 1.44. The van der Waals surface area contributed by atoms with Crippen molar-refractivity contribution >= 4 is 27.3 Å². The van der Waals surface area contributed by atoms with Crippen LogP contribution in [0.5, 0.6) is 0 Å². The Labute approximate surface area is 132 Å². The maximum atomic E-state index is 12.1. The molecule has 1 aromatic carbocycles. The molecule has 1 amide bonds. The highest BCUT2D eigenvalue weighted by Crippen LogP contribution is 2.19. The molecule has 0 aliphatic rings. The zero-order valence-corrected chi connectivity index (χ0v) is 13.5. The van der Waals surface area contributed by atoms with Gasteiger partial charge in [0.15, 0.2) is 9.84 Å². The van der Waals surface area contributed by atoms with E-state index in [0.717, 1.165) is 0 Å². The Bertz CT molecular complexity index is 771. The van der Waals surface area contributed by atoms with Gasteiger partial charge in [-0.15, -0.1) is 0 Å². The lowest BCUT2D eigenvalue weighted by atomic mass is 10.2. The van der Waals surface area contributed by atoms with Crippen molar-refractivity contribution in [3.8, 4) is 11.4 Å². The third-order valence-electron chi connectivity index (χ3n) is 3.05. The lowest BCUT2D eigenvalue weighted by Crippen LogP contribution is -2.36. The summed E-state index contributed by atoms with van der Waals surface area (Å²) in [7, 11) is -2.35. The second-order valence-corrected chi connectivity index (χ2v) is 7.34. The second-order valence-electron chi connectivity index (χ2n) is 4.58. The van der Waals surface area contributed by atoms with Crippen molar-refractivity contribution in [1.29, 1.82) is 0 Å². The fraction of sp³-hybridized carbons (Fsp3) is 0.308. The summed E-state index contributed by atoms with van der Waals surface area (Å²) in [6.45, 7) is 1.31. The molecule has 0 aliphatic carbocycles. The molecule has 2 aromatic rings. The number of nitrogens with zero attached hydrogens (tertiary/aromatic N) is 2. The zero-order valence-electron chi connectivity index (χ0n) is 11.9. The lowest BCUT2D eigenvalue weighted by molar-refractivity contribution is -0.119. The van der Waals surface area contributed by atoms with Gasteiger partial charge in [-0.1, -0.05) is 16.8 Å². The van der Waals surface area contributed by atoms with E-state index < -0.39 is 26.7 Å². The number of halogens is 1. The van der Waals surface area contributed by atoms with Crippen molar-refractivity contribution in [2.45, 2.75) is 17.9 Å². The van der Waals surface area contributed by atoms with Crippen molar-refractivity contribution in [3.63, 3.8) is 0 Å². The van der Waals surface area contributed by atoms with Gasteiger partial charge in [-0.2, -0.15) is 4.98 Å². The van der Waals surface area contributed by atoms with Crippen LogP contribution in [0.15, 0.2) is 28.8 Å². The molecule has 7 nitrogen and oxygen atoms in total. The molecule has 1 heterocycles. The highest BCUT2D eigenvalue weighted by Gasteiger charge is 2.29. The van der Waals surface area contributed by atoms with Crippen LogP contribution in [0, 0.1) is 0 Å². The van der Waals surface area contributed by atoms with E-state index in [1.54, 1.807) is 24.3 Å². The minimum Gasteiger partial charge on any atom is -0.358 e. The summed E-state index contributed by atoms with van der Waals surface area (Å²) in [6, 6.07) is 6.71. The third-order valence-corrected chi connectivity index (χ3v) is 5.24. The van der Waals surface area contributed by atoms with Crippen LogP contribution in [-0.4, -0.2) is 36.8 Å². The van der Waals surface area contributed by atoms with Crippen molar-refractivity contribution in [2.75, 3.05) is 7.05 Å². The van der Waals surface area contributed by atoms with Crippen LogP contribution < -0.4 is 5.32 Å². The van der Waals surface area contributed by atoms with Crippen LogP contribution in [0.25, 0.3) is 11.4 Å². The number of hydrogen-bond donors (Lipinski definition) is 1. The topological polar surface area (TPSA) is 102 Å². The van der Waals surface area contributed by atoms with E-state index in [1.165, 1.54) is 14.0 Å². The van der Waals surface area contributed by atoms with E-state index in [2.05, 4.69) is 15.5 Å². The molecule has 0 spiro atoms. The number of carbonyl (C=O) groups is 1. The summed E-state index contributed by atoms with van der Waals surface area (Å²) in [5.41, 5.74) is 0.649. The molecule has 2 rings (SSSR count). The van der Waals surface area contributed by atoms with E-state index in [4.69, 9.17) is 16.1 Å². The van der Waals surface area contributed by atoms with Crippen LogP contribution in [0.1, 0.15) is 12.8 Å². The Morgan fingerprint density at radius 1 is 1.36 bits per heavy atom. The predicted molar refractivity (Wildman–Crippen MR) is 80.9 cm³/mol. The molecule has 1 N–H and O–H groups in total. The average Bonchev–Trinajstić information content (AvgIpc) is 2.94. The van der Waals surface area contributed by atoms with Gasteiger partial charge >= 0.3 is 0 Å². The minimum atomic E-state index is -3.73. The molecule has 118 valence electrons. The van der Waals surface area contributed by atoms with E-state index in [9.17, 15) is 13.2 Å². The molecule has 0 radical (unpaired) electrons. The van der Waals surface area contributed by atoms with E-state index in [0.29, 0.717) is 10.6 Å². The molecule has 0 aliphatic heterocycles. The molecule has 0 saturated carbocycles. The Balaban J connectivity index is 2.18. The molecule has 0 fully saturated rings. The molecule has 22 heavy (non-hydrogen) atoms. The number of carbonyl (C=O) groups excluding carboxylic acids is 1. The number of benzene rings is 1. The largest absolute Gasteiger partial charge is 0.358 e. The highest BCUT2D eigenvalue weighted by atomic mass is 35.5. The molecular weight excluding hydrogens is 330 g/mol. The summed E-state index contributed by atoms with van der Waals surface area (Å²) in [5, 5.41) is 5.40. The fourth-order valence-corrected chi connectivity index (χ4v) is 2.97. The average molecular weight is 344 g/mol. The van der Waals surface area contributed by atoms with E-state index >= 15 is 0 Å². The first kappa shape index (κ1) is 16.4. The van der Waals surface area contributed by atoms with Crippen LogP contribution in [0.3, 0.4) is 0 Å². The van der Waals surface area contributed by atoms with Gasteiger partial charge in [0, 0.05) is 17.6 Å². The molecule has 0 bridgehead atoms. The molecular formula is C13H14ClN3O4S. The fourth-order valence-electron chi connectivity index (χ4n) is 1.69. The maximum absolute atomic E-state index is 12.1. The number of amides is 1. The van der Waals surface area contributed by atoms with Gasteiger partial charge in [-0.3, -0.25) is 4.79 Å². The molecule has 0 unspecified atom stereocenters. The third kappa shape index (κ3) is 3.63. The summed E-state index contributed by atoms with van der Waals surface area (Å²) in [4.78, 5) is 15.5. The summed E-state index contributed by atoms with van der Waals surface area (Å²) in [5.74, 6) is -0.894. The lowest BCUT2D eigenvalue weighted by Gasteiger charge is -2.09. The summed E-state index contributed by atoms with van der Waals surface area (Å²) < 4.78 is 29.1. The van der Waals surface area contributed by atoms with Gasteiger partial charge in [0.2, 0.25) is 17.6 Å². The summed E-state index contributed by atoms with van der Waals surface area (Å²) >= 11 is 5.79. The molecule has 0 saturated heterocycles. The number of rotatable bonds is 5. The van der Waals surface area contributed by atoms with Gasteiger partial charge in [-0.05, 0) is 31.2 Å². The Morgan fingerprint density at radius 2 is 2.00 bits per heavy atom. The Kier molecular flexibility index (Phi) is 4.82. The zero-order chi connectivity index (χ0) is 16.3. The first-order valence-electron chi connectivity index (χ1n) is 6.35. The van der Waals surface area contributed by atoms with Crippen LogP contribution in [0.2, 0.25) is 5.02 Å². The van der Waals surface area contributed by atoms with E-state index in [1.807, 2.05) is 0 Å². The Morgan fingerprint density at radius 3 is 2.59 bits per heavy atom. The van der Waals surface area contributed by atoms with Crippen molar-refractivity contribution in [1.82, 2.24) is 15.5 Å². The van der Waals surface area contributed by atoms with Gasteiger partial charge in [0.1, 0.15) is 11.0 Å². The van der Waals surface area contributed by atoms with Crippen LogP contribution in [-0.2, 0) is 20.4 Å². The van der Waals surface area contributed by atoms with Gasteiger partial charge in [0.25, 0.3) is 0 Å². The maximum Gasteiger partial charge on any atom is 0.242 e. The standard InChI is InChI=1S/C13H14ClN3O4S/c1-8(13(18)15-2)22(19,20)7-11-16-12(17-21-11)9-3-5-10(14)6-4-9/h3-6,8H,7H2,1-2H3,(H,15,18)/t8-/m1/s1. The smallest absolute Gasteiger partial charge is 0.242 e. The molecule has 1 aromatic heterocycles. The second kappa shape index (κ2) is 6.45. The molecule has 1 atom stereocenters. The monoisotopic (exact) mass is 343 g/mol. The minimum absolute atomic E-state index is 0.0688. The molecule has 9 heteroatoms. The number of sulfone groups is 1. The first-order chi connectivity index (χ1) is 10.3. The van der Waals surface area contributed by atoms with Gasteiger partial charge < -0.3 is 9.84 Å². The highest BCUT2D eigenvalue weighted by molar-refractivity contribution is 7.92. The van der Waals surface area contributed by atoms with E-state index in [-0.39, 0.29) is 11.7 Å². The van der Waals surface area contributed by atoms with Crippen LogP contribution in [0.4, 0.5) is 0 Å². The van der Waals surface area contributed by atoms with Crippen molar-refractivity contribution in [2.24, 2.45) is 0 Å². The van der Waals surface area contributed by atoms with Gasteiger partial charge in [0.05, 0.1) is 0 Å². The SMILES string of the molecule is CNC(=O)[C@@H](C)S(=O)(=O)Cc1nc(-c2ccc(Cl)cc2)no1. The van der Waals surface area contributed by atoms with Crippen molar-refractivity contribution < 1.29 is 17.7 Å².